The van der Waals surface area contributed by atoms with Crippen LogP contribution in [0.2, 0.25) is 5.02 Å². The van der Waals surface area contributed by atoms with Gasteiger partial charge in [-0.15, -0.1) is 0 Å². The van der Waals surface area contributed by atoms with Gasteiger partial charge in [0, 0.05) is 11.1 Å². The van der Waals surface area contributed by atoms with Gasteiger partial charge in [-0.2, -0.15) is 0 Å². The second-order valence-electron chi connectivity index (χ2n) is 6.04. The molecule has 0 saturated heterocycles. The first-order chi connectivity index (χ1) is 10.6. The second-order valence-corrected chi connectivity index (χ2v) is 6.48. The quantitative estimate of drug-likeness (QED) is 0.854. The van der Waals surface area contributed by atoms with Gasteiger partial charge in [0.1, 0.15) is 5.82 Å². The standard InChI is InChI=1S/C17H24ClFN2O/c1-12(20-14-7-5-3-2-4-6-8-14)17(22)21-16-10-9-13(18)11-15(16)19/h9-12,14,20H,2-8H2,1H3,(H,21,22)/t12-/m0/s1. The minimum Gasteiger partial charge on any atom is -0.322 e. The highest BCUT2D eigenvalue weighted by Crippen LogP contribution is 2.20. The number of hydrogen-bond acceptors (Lipinski definition) is 2. The van der Waals surface area contributed by atoms with Gasteiger partial charge in [0.15, 0.2) is 0 Å². The molecule has 1 aromatic carbocycles. The summed E-state index contributed by atoms with van der Waals surface area (Å²) in [5.74, 6) is -0.734. The fourth-order valence-electron chi connectivity index (χ4n) is 2.88. The van der Waals surface area contributed by atoms with E-state index in [4.69, 9.17) is 11.6 Å². The average Bonchev–Trinajstić information content (AvgIpc) is 2.44. The van der Waals surface area contributed by atoms with Crippen LogP contribution in [0.5, 0.6) is 0 Å². The molecular formula is C17H24ClFN2O. The van der Waals surface area contributed by atoms with E-state index < -0.39 is 5.82 Å². The summed E-state index contributed by atoms with van der Waals surface area (Å²) in [7, 11) is 0. The van der Waals surface area contributed by atoms with Gasteiger partial charge in [0.2, 0.25) is 5.91 Å². The van der Waals surface area contributed by atoms with Crippen molar-refractivity contribution in [3.63, 3.8) is 0 Å². The van der Waals surface area contributed by atoms with E-state index in [9.17, 15) is 9.18 Å². The molecule has 0 radical (unpaired) electrons. The number of rotatable bonds is 4. The summed E-state index contributed by atoms with van der Waals surface area (Å²) in [4.78, 5) is 12.2. The number of benzene rings is 1. The average molecular weight is 327 g/mol. The zero-order valence-corrected chi connectivity index (χ0v) is 13.8. The molecule has 122 valence electrons. The molecule has 0 aliphatic heterocycles. The predicted octanol–water partition coefficient (Wildman–Crippen LogP) is 4.51. The van der Waals surface area contributed by atoms with E-state index in [-0.39, 0.29) is 17.6 Å². The second kappa shape index (κ2) is 8.49. The molecule has 0 bridgehead atoms. The summed E-state index contributed by atoms with van der Waals surface area (Å²) in [5.41, 5.74) is 0.167. The summed E-state index contributed by atoms with van der Waals surface area (Å²) in [6, 6.07) is 4.27. The van der Waals surface area contributed by atoms with E-state index in [0.717, 1.165) is 12.8 Å². The van der Waals surface area contributed by atoms with E-state index in [2.05, 4.69) is 10.6 Å². The summed E-state index contributed by atoms with van der Waals surface area (Å²) in [6.45, 7) is 1.82. The van der Waals surface area contributed by atoms with Gasteiger partial charge in [0.05, 0.1) is 11.7 Å². The highest BCUT2D eigenvalue weighted by Gasteiger charge is 2.19. The highest BCUT2D eigenvalue weighted by molar-refractivity contribution is 6.30. The molecule has 22 heavy (non-hydrogen) atoms. The molecule has 1 aliphatic rings. The minimum absolute atomic E-state index is 0.167. The number of halogens is 2. The predicted molar refractivity (Wildman–Crippen MR) is 88.7 cm³/mol. The molecule has 1 fully saturated rings. The third-order valence-electron chi connectivity index (χ3n) is 4.17. The normalized spacial score (nSPS) is 18.3. The Bertz CT molecular complexity index is 501. The van der Waals surface area contributed by atoms with Crippen molar-refractivity contribution in [2.24, 2.45) is 0 Å². The Labute approximate surface area is 136 Å². The van der Waals surface area contributed by atoms with Gasteiger partial charge >= 0.3 is 0 Å². The molecule has 0 heterocycles. The van der Waals surface area contributed by atoms with Crippen LogP contribution in [-0.2, 0) is 4.79 Å². The van der Waals surface area contributed by atoms with Gasteiger partial charge in [-0.05, 0) is 38.0 Å². The van der Waals surface area contributed by atoms with Crippen LogP contribution in [0.25, 0.3) is 0 Å². The lowest BCUT2D eigenvalue weighted by atomic mass is 9.96. The van der Waals surface area contributed by atoms with Crippen LogP contribution in [0.15, 0.2) is 18.2 Å². The van der Waals surface area contributed by atoms with Crippen molar-refractivity contribution >= 4 is 23.2 Å². The maximum absolute atomic E-state index is 13.7. The molecule has 0 aromatic heterocycles. The van der Waals surface area contributed by atoms with Gasteiger partial charge in [-0.1, -0.05) is 43.7 Å². The Hall–Kier alpha value is -1.13. The molecule has 1 amide bonds. The molecule has 3 nitrogen and oxygen atoms in total. The van der Waals surface area contributed by atoms with E-state index >= 15 is 0 Å². The first-order valence-electron chi connectivity index (χ1n) is 8.08. The topological polar surface area (TPSA) is 41.1 Å². The maximum atomic E-state index is 13.7. The molecule has 5 heteroatoms. The first-order valence-corrected chi connectivity index (χ1v) is 8.46. The molecule has 0 spiro atoms. The van der Waals surface area contributed by atoms with Crippen molar-refractivity contribution in [1.29, 1.82) is 0 Å². The van der Waals surface area contributed by atoms with Crippen LogP contribution in [0.4, 0.5) is 10.1 Å². The van der Waals surface area contributed by atoms with Crippen LogP contribution in [0, 0.1) is 5.82 Å². The minimum atomic E-state index is -0.515. The number of carbonyl (C=O) groups is 1. The van der Waals surface area contributed by atoms with Crippen LogP contribution in [-0.4, -0.2) is 18.0 Å². The summed E-state index contributed by atoms with van der Waals surface area (Å²) in [6.07, 6.45) is 8.48. The Morgan fingerprint density at radius 3 is 2.50 bits per heavy atom. The largest absolute Gasteiger partial charge is 0.322 e. The number of amides is 1. The molecule has 1 atom stereocenters. The molecule has 1 saturated carbocycles. The van der Waals surface area contributed by atoms with Crippen molar-refractivity contribution in [2.45, 2.75) is 64.0 Å². The fourth-order valence-corrected chi connectivity index (χ4v) is 3.04. The number of nitrogens with one attached hydrogen (secondary N) is 2. The summed E-state index contributed by atoms with van der Waals surface area (Å²) >= 11 is 5.71. The van der Waals surface area contributed by atoms with Crippen molar-refractivity contribution in [3.05, 3.63) is 29.0 Å². The van der Waals surface area contributed by atoms with Crippen LogP contribution in [0.1, 0.15) is 51.9 Å². The Kier molecular flexibility index (Phi) is 6.65. The lowest BCUT2D eigenvalue weighted by Gasteiger charge is -2.24. The Balaban J connectivity index is 1.88. The third kappa shape index (κ3) is 5.25. The van der Waals surface area contributed by atoms with E-state index in [0.29, 0.717) is 11.1 Å². The highest BCUT2D eigenvalue weighted by atomic mass is 35.5. The monoisotopic (exact) mass is 326 g/mol. The molecule has 2 N–H and O–H groups in total. The molecule has 1 aliphatic carbocycles. The van der Waals surface area contributed by atoms with Crippen molar-refractivity contribution in [1.82, 2.24) is 5.32 Å². The van der Waals surface area contributed by atoms with Gasteiger partial charge in [-0.3, -0.25) is 4.79 Å². The van der Waals surface area contributed by atoms with E-state index in [1.165, 1.54) is 44.2 Å². The number of anilines is 1. The van der Waals surface area contributed by atoms with Gasteiger partial charge in [0.25, 0.3) is 0 Å². The molecule has 2 rings (SSSR count). The van der Waals surface area contributed by atoms with Crippen molar-refractivity contribution in [3.8, 4) is 0 Å². The molecule has 0 unspecified atom stereocenters. The number of carbonyl (C=O) groups excluding carboxylic acids is 1. The maximum Gasteiger partial charge on any atom is 0.241 e. The van der Waals surface area contributed by atoms with Crippen LogP contribution < -0.4 is 10.6 Å². The zero-order valence-electron chi connectivity index (χ0n) is 13.0. The van der Waals surface area contributed by atoms with Gasteiger partial charge in [-0.25, -0.2) is 4.39 Å². The van der Waals surface area contributed by atoms with Gasteiger partial charge < -0.3 is 10.6 Å². The molecule has 1 aromatic rings. The smallest absolute Gasteiger partial charge is 0.241 e. The Morgan fingerprint density at radius 2 is 1.86 bits per heavy atom. The number of hydrogen-bond donors (Lipinski definition) is 2. The first kappa shape index (κ1) is 17.2. The fraction of sp³-hybridized carbons (Fsp3) is 0.588. The van der Waals surface area contributed by atoms with Crippen molar-refractivity contribution < 1.29 is 9.18 Å². The van der Waals surface area contributed by atoms with Crippen LogP contribution in [0.3, 0.4) is 0 Å². The summed E-state index contributed by atoms with van der Waals surface area (Å²) < 4.78 is 13.7. The zero-order chi connectivity index (χ0) is 15.9. The lowest BCUT2D eigenvalue weighted by molar-refractivity contribution is -0.118. The van der Waals surface area contributed by atoms with Crippen molar-refractivity contribution in [2.75, 3.05) is 5.32 Å². The molecular weight excluding hydrogens is 303 g/mol. The SMILES string of the molecule is C[C@H](NC1CCCCCCC1)C(=O)Nc1ccc(Cl)cc1F. The lowest BCUT2D eigenvalue weighted by Crippen LogP contribution is -2.44. The van der Waals surface area contributed by atoms with Crippen LogP contribution >= 0.6 is 11.6 Å². The Morgan fingerprint density at radius 1 is 1.23 bits per heavy atom. The van der Waals surface area contributed by atoms with E-state index in [1.54, 1.807) is 6.07 Å². The van der Waals surface area contributed by atoms with E-state index in [1.807, 2.05) is 6.92 Å². The summed E-state index contributed by atoms with van der Waals surface area (Å²) in [5, 5.41) is 6.31. The third-order valence-corrected chi connectivity index (χ3v) is 4.41.